The van der Waals surface area contributed by atoms with E-state index in [0.29, 0.717) is 13.0 Å². The second kappa shape index (κ2) is 7.15. The van der Waals surface area contributed by atoms with Crippen molar-refractivity contribution in [1.29, 1.82) is 0 Å². The summed E-state index contributed by atoms with van der Waals surface area (Å²) in [5, 5.41) is -0.468. The molecule has 1 aromatic carbocycles. The molecule has 0 bridgehead atoms. The van der Waals surface area contributed by atoms with Gasteiger partial charge in [0.1, 0.15) is 0 Å². The summed E-state index contributed by atoms with van der Waals surface area (Å²) in [5.74, 6) is 0. The van der Waals surface area contributed by atoms with Crippen LogP contribution < -0.4 is 10.2 Å². The molecule has 1 N–H and O–H groups in total. The molecule has 0 spiro atoms. The molecule has 1 aromatic rings. The van der Waals surface area contributed by atoms with Crippen LogP contribution in [0.4, 0.5) is 0 Å². The Morgan fingerprint density at radius 1 is 1.07 bits per heavy atom. The molecule has 3 rings (SSSR count). The maximum atomic E-state index is 12.2. The van der Waals surface area contributed by atoms with E-state index in [1.54, 1.807) is 13.8 Å². The Balaban J connectivity index is 1.74. The van der Waals surface area contributed by atoms with E-state index in [4.69, 9.17) is 14.0 Å². The molecule has 27 heavy (non-hydrogen) atoms. The van der Waals surface area contributed by atoms with Gasteiger partial charge in [0.05, 0.1) is 28.6 Å². The van der Waals surface area contributed by atoms with Crippen LogP contribution in [0.3, 0.4) is 0 Å². The van der Waals surface area contributed by atoms with Gasteiger partial charge in [-0.15, -0.1) is 0 Å². The number of hydrogen-bond acceptors (Lipinski definition) is 5. The van der Waals surface area contributed by atoms with Crippen molar-refractivity contribution in [1.82, 2.24) is 4.72 Å². The molecule has 8 heteroatoms. The fourth-order valence-corrected chi connectivity index (χ4v) is 4.14. The van der Waals surface area contributed by atoms with E-state index in [1.807, 2.05) is 52.0 Å². The lowest BCUT2D eigenvalue weighted by Gasteiger charge is -2.32. The van der Waals surface area contributed by atoms with Crippen LogP contribution in [0.2, 0.25) is 0 Å². The first-order chi connectivity index (χ1) is 12.4. The van der Waals surface area contributed by atoms with Gasteiger partial charge in [-0.1, -0.05) is 24.3 Å². The maximum Gasteiger partial charge on any atom is 0.494 e. The van der Waals surface area contributed by atoms with Crippen LogP contribution in [-0.2, 0) is 24.1 Å². The standard InChI is InChI=1S/C19H30BNO5S/c1-13(2)27(22,23)21-16-11-12-24-17(16)14-7-9-15(10-8-14)20-25-18(3,4)19(5,6)26-20/h7-10,13,16-17,21H,11-12H2,1-6H3. The van der Waals surface area contributed by atoms with E-state index in [1.165, 1.54) is 0 Å². The number of nitrogens with one attached hydrogen (secondary N) is 1. The Labute approximate surface area is 163 Å². The van der Waals surface area contributed by atoms with Crippen molar-refractivity contribution in [3.8, 4) is 0 Å². The third-order valence-corrected chi connectivity index (χ3v) is 7.69. The van der Waals surface area contributed by atoms with Crippen LogP contribution in [-0.4, -0.2) is 44.6 Å². The molecular formula is C19H30BNO5S. The van der Waals surface area contributed by atoms with Crippen LogP contribution in [0.25, 0.3) is 0 Å². The van der Waals surface area contributed by atoms with E-state index in [0.717, 1.165) is 11.0 Å². The van der Waals surface area contributed by atoms with Gasteiger partial charge < -0.3 is 14.0 Å². The molecule has 0 saturated carbocycles. The molecule has 0 aromatic heterocycles. The highest BCUT2D eigenvalue weighted by molar-refractivity contribution is 7.90. The summed E-state index contributed by atoms with van der Waals surface area (Å²) in [6, 6.07) is 7.61. The predicted molar refractivity (Wildman–Crippen MR) is 106 cm³/mol. The van der Waals surface area contributed by atoms with Gasteiger partial charge in [0.2, 0.25) is 10.0 Å². The Bertz CT molecular complexity index is 760. The van der Waals surface area contributed by atoms with E-state index in [2.05, 4.69) is 4.72 Å². The van der Waals surface area contributed by atoms with Crippen molar-refractivity contribution in [2.75, 3.05) is 6.61 Å². The van der Waals surface area contributed by atoms with Crippen LogP contribution in [0.1, 0.15) is 59.6 Å². The highest BCUT2D eigenvalue weighted by atomic mass is 32.2. The van der Waals surface area contributed by atoms with E-state index >= 15 is 0 Å². The third-order valence-electron chi connectivity index (χ3n) is 5.82. The van der Waals surface area contributed by atoms with Crippen molar-refractivity contribution in [3.63, 3.8) is 0 Å². The number of hydrogen-bond donors (Lipinski definition) is 1. The lowest BCUT2D eigenvalue weighted by molar-refractivity contribution is 0.00578. The first-order valence-electron chi connectivity index (χ1n) is 9.51. The molecule has 2 fully saturated rings. The molecule has 2 aliphatic rings. The number of ether oxygens (including phenoxy) is 1. The molecule has 0 aliphatic carbocycles. The molecule has 2 saturated heterocycles. The van der Waals surface area contributed by atoms with Crippen molar-refractivity contribution in [3.05, 3.63) is 29.8 Å². The summed E-state index contributed by atoms with van der Waals surface area (Å²) in [7, 11) is -3.75. The normalized spacial score (nSPS) is 27.4. The molecule has 0 radical (unpaired) electrons. The number of rotatable bonds is 5. The molecule has 150 valence electrons. The first kappa shape index (κ1) is 20.8. The minimum Gasteiger partial charge on any atom is -0.399 e. The zero-order chi connectivity index (χ0) is 20.0. The molecule has 2 unspecified atom stereocenters. The average Bonchev–Trinajstić information content (AvgIpc) is 3.09. The SMILES string of the molecule is CC(C)S(=O)(=O)NC1CCOC1c1ccc(B2OC(C)(C)C(C)(C)O2)cc1. The van der Waals surface area contributed by atoms with E-state index < -0.39 is 22.4 Å². The van der Waals surface area contributed by atoms with Crippen LogP contribution in [0.15, 0.2) is 24.3 Å². The molecule has 6 nitrogen and oxygen atoms in total. The van der Waals surface area contributed by atoms with Gasteiger partial charge in [0.25, 0.3) is 0 Å². The largest absolute Gasteiger partial charge is 0.494 e. The zero-order valence-electron chi connectivity index (χ0n) is 17.0. The second-order valence-corrected chi connectivity index (χ2v) is 10.9. The maximum absolute atomic E-state index is 12.2. The van der Waals surface area contributed by atoms with Crippen molar-refractivity contribution in [2.45, 2.75) is 76.6 Å². The van der Waals surface area contributed by atoms with Gasteiger partial charge in [-0.25, -0.2) is 13.1 Å². The number of sulfonamides is 1. The molecule has 0 amide bonds. The second-order valence-electron chi connectivity index (χ2n) is 8.65. The third kappa shape index (κ3) is 4.10. The highest BCUT2D eigenvalue weighted by Crippen LogP contribution is 2.36. The lowest BCUT2D eigenvalue weighted by atomic mass is 9.78. The van der Waals surface area contributed by atoms with Gasteiger partial charge in [0, 0.05) is 6.61 Å². The van der Waals surface area contributed by atoms with Gasteiger partial charge in [-0.2, -0.15) is 0 Å². The molecule has 2 atom stereocenters. The quantitative estimate of drug-likeness (QED) is 0.774. The lowest BCUT2D eigenvalue weighted by Crippen LogP contribution is -2.41. The Kier molecular flexibility index (Phi) is 5.51. The predicted octanol–water partition coefficient (Wildman–Crippen LogP) is 2.14. The summed E-state index contributed by atoms with van der Waals surface area (Å²) in [5.41, 5.74) is 1.12. The highest BCUT2D eigenvalue weighted by Gasteiger charge is 2.51. The minimum atomic E-state index is -3.34. The van der Waals surface area contributed by atoms with Crippen molar-refractivity contribution >= 4 is 22.6 Å². The summed E-state index contributed by atoms with van der Waals surface area (Å²) >= 11 is 0. The Morgan fingerprint density at radius 2 is 1.63 bits per heavy atom. The monoisotopic (exact) mass is 395 g/mol. The summed E-state index contributed by atoms with van der Waals surface area (Å²) < 4.78 is 45.2. The van der Waals surface area contributed by atoms with Gasteiger partial charge >= 0.3 is 7.12 Å². The van der Waals surface area contributed by atoms with Crippen LogP contribution in [0, 0.1) is 0 Å². The molecular weight excluding hydrogens is 365 g/mol. The Morgan fingerprint density at radius 3 is 2.15 bits per heavy atom. The number of benzene rings is 1. The van der Waals surface area contributed by atoms with Gasteiger partial charge in [-0.05, 0) is 59.0 Å². The van der Waals surface area contributed by atoms with Crippen molar-refractivity contribution in [2.24, 2.45) is 0 Å². The van der Waals surface area contributed by atoms with E-state index in [-0.39, 0.29) is 23.3 Å². The minimum absolute atomic E-state index is 0.250. The van der Waals surface area contributed by atoms with Crippen LogP contribution in [0.5, 0.6) is 0 Å². The fourth-order valence-electron chi connectivity index (χ4n) is 3.21. The van der Waals surface area contributed by atoms with Crippen molar-refractivity contribution < 1.29 is 22.5 Å². The molecule has 2 heterocycles. The van der Waals surface area contributed by atoms with Gasteiger partial charge in [-0.3, -0.25) is 0 Å². The Hall–Kier alpha value is -0.925. The topological polar surface area (TPSA) is 73.9 Å². The van der Waals surface area contributed by atoms with Crippen LogP contribution >= 0.6 is 0 Å². The van der Waals surface area contributed by atoms with Gasteiger partial charge in [0.15, 0.2) is 0 Å². The first-order valence-corrected chi connectivity index (χ1v) is 11.1. The average molecular weight is 395 g/mol. The fraction of sp³-hybridized carbons (Fsp3) is 0.684. The summed E-state index contributed by atoms with van der Waals surface area (Å²) in [4.78, 5) is 0. The molecule has 2 aliphatic heterocycles. The van der Waals surface area contributed by atoms with E-state index in [9.17, 15) is 8.42 Å². The smallest absolute Gasteiger partial charge is 0.399 e. The summed E-state index contributed by atoms with van der Waals surface area (Å²) in [6.07, 6.45) is 0.376. The zero-order valence-corrected chi connectivity index (χ0v) is 17.8. The summed E-state index contributed by atoms with van der Waals surface area (Å²) in [6.45, 7) is 12.0.